The monoisotopic (exact) mass is 1040 g/mol. The zero-order valence-electron chi connectivity index (χ0n) is 48.7. The molecule has 0 radical (unpaired) electrons. The molecule has 9 heteroatoms. The number of nitrogens with one attached hydrogen (secondary N) is 1. The molecule has 1 amide bonds. The van der Waals surface area contributed by atoms with E-state index < -0.39 is 49.5 Å². The minimum absolute atomic E-state index is 0.131. The van der Waals surface area contributed by atoms with Gasteiger partial charge >= 0.3 is 0 Å². The molecule has 0 aromatic carbocycles. The maximum absolute atomic E-state index is 13.1. The van der Waals surface area contributed by atoms with Gasteiger partial charge in [0.2, 0.25) is 5.91 Å². The molecule has 0 spiro atoms. The molecular formula is C64H127NO8. The van der Waals surface area contributed by atoms with Gasteiger partial charge in [-0.3, -0.25) is 4.79 Å². The second-order valence-corrected chi connectivity index (χ2v) is 23.3. The maximum atomic E-state index is 13.1. The normalized spacial score (nSPS) is 18.9. The Balaban J connectivity index is 2.07. The predicted octanol–water partition coefficient (Wildman–Crippen LogP) is 17.0. The van der Waals surface area contributed by atoms with Crippen LogP contribution in [0.25, 0.3) is 0 Å². The van der Waals surface area contributed by atoms with Crippen LogP contribution < -0.4 is 5.32 Å². The number of aliphatic hydroxyl groups excluding tert-OH is 5. The van der Waals surface area contributed by atoms with Crippen molar-refractivity contribution in [1.82, 2.24) is 5.32 Å². The molecule has 436 valence electrons. The lowest BCUT2D eigenvalue weighted by atomic mass is 9.99. The lowest BCUT2D eigenvalue weighted by Crippen LogP contribution is -2.60. The average molecular weight is 1040 g/mol. The molecule has 1 aliphatic rings. The SMILES string of the molecule is CCCCCCCCCCCCCCCCCCCCCCCCCCCCCCCCCCCC(=O)NC(COC1OC(CO)C(O)C(O)C1O)C(O)CCCCCCCCCCCCCCCCCCC. The molecule has 0 aromatic heterocycles. The number of rotatable bonds is 58. The van der Waals surface area contributed by atoms with Crippen LogP contribution in [-0.2, 0) is 14.3 Å². The van der Waals surface area contributed by atoms with Gasteiger partial charge in [-0.25, -0.2) is 0 Å². The van der Waals surface area contributed by atoms with E-state index in [2.05, 4.69) is 19.2 Å². The lowest BCUT2D eigenvalue weighted by molar-refractivity contribution is -0.302. The van der Waals surface area contributed by atoms with Gasteiger partial charge in [0, 0.05) is 6.42 Å². The molecule has 0 saturated carbocycles. The summed E-state index contributed by atoms with van der Waals surface area (Å²) in [7, 11) is 0. The topological polar surface area (TPSA) is 149 Å². The van der Waals surface area contributed by atoms with Gasteiger partial charge in [0.25, 0.3) is 0 Å². The van der Waals surface area contributed by atoms with E-state index in [1.165, 1.54) is 283 Å². The van der Waals surface area contributed by atoms with Gasteiger partial charge in [0.05, 0.1) is 25.4 Å². The van der Waals surface area contributed by atoms with Crippen molar-refractivity contribution in [2.75, 3.05) is 13.2 Å². The number of hydrogen-bond acceptors (Lipinski definition) is 8. The first-order valence-corrected chi connectivity index (χ1v) is 32.7. The number of amides is 1. The summed E-state index contributed by atoms with van der Waals surface area (Å²) >= 11 is 0. The number of ether oxygens (including phenoxy) is 2. The third-order valence-corrected chi connectivity index (χ3v) is 16.2. The molecule has 0 aliphatic carbocycles. The van der Waals surface area contributed by atoms with Crippen molar-refractivity contribution in [2.24, 2.45) is 0 Å². The molecule has 73 heavy (non-hydrogen) atoms. The highest BCUT2D eigenvalue weighted by molar-refractivity contribution is 5.76. The second-order valence-electron chi connectivity index (χ2n) is 23.3. The molecule has 1 fully saturated rings. The summed E-state index contributed by atoms with van der Waals surface area (Å²) in [6.45, 7) is 3.89. The third kappa shape index (κ3) is 43.8. The molecule has 0 aromatic rings. The molecular weight excluding hydrogens is 911 g/mol. The van der Waals surface area contributed by atoms with Gasteiger partial charge in [-0.2, -0.15) is 0 Å². The van der Waals surface area contributed by atoms with Gasteiger partial charge in [0.15, 0.2) is 6.29 Å². The van der Waals surface area contributed by atoms with Crippen molar-refractivity contribution >= 4 is 5.91 Å². The summed E-state index contributed by atoms with van der Waals surface area (Å²) in [6.07, 6.45) is 60.2. The third-order valence-electron chi connectivity index (χ3n) is 16.2. The fourth-order valence-electron chi connectivity index (χ4n) is 11.0. The van der Waals surface area contributed by atoms with E-state index in [0.717, 1.165) is 38.5 Å². The van der Waals surface area contributed by atoms with Gasteiger partial charge in [-0.15, -0.1) is 0 Å². The highest BCUT2D eigenvalue weighted by atomic mass is 16.7. The van der Waals surface area contributed by atoms with Crippen molar-refractivity contribution in [1.29, 1.82) is 0 Å². The Morgan fingerprint density at radius 3 is 0.973 bits per heavy atom. The van der Waals surface area contributed by atoms with Gasteiger partial charge in [-0.1, -0.05) is 328 Å². The molecule has 6 N–H and O–H groups in total. The average Bonchev–Trinajstić information content (AvgIpc) is 3.39. The fraction of sp³-hybridized carbons (Fsp3) is 0.984. The van der Waals surface area contributed by atoms with E-state index in [1.54, 1.807) is 0 Å². The van der Waals surface area contributed by atoms with Crippen LogP contribution in [0.4, 0.5) is 0 Å². The van der Waals surface area contributed by atoms with E-state index in [-0.39, 0.29) is 12.5 Å². The number of hydrogen-bond donors (Lipinski definition) is 6. The van der Waals surface area contributed by atoms with Crippen LogP contribution in [0, 0.1) is 0 Å². The van der Waals surface area contributed by atoms with Gasteiger partial charge < -0.3 is 40.3 Å². The Morgan fingerprint density at radius 1 is 0.411 bits per heavy atom. The Labute approximate surface area is 453 Å². The summed E-state index contributed by atoms with van der Waals surface area (Å²) in [5.74, 6) is -0.135. The zero-order valence-corrected chi connectivity index (χ0v) is 48.7. The van der Waals surface area contributed by atoms with Gasteiger partial charge in [-0.05, 0) is 12.8 Å². The van der Waals surface area contributed by atoms with Crippen molar-refractivity contribution < 1.29 is 39.8 Å². The summed E-state index contributed by atoms with van der Waals surface area (Å²) in [6, 6.07) is -0.714. The molecule has 7 atom stereocenters. The van der Waals surface area contributed by atoms with Crippen LogP contribution in [0.15, 0.2) is 0 Å². The fourth-order valence-corrected chi connectivity index (χ4v) is 11.0. The van der Waals surface area contributed by atoms with Crippen LogP contribution in [0.3, 0.4) is 0 Å². The first-order chi connectivity index (χ1) is 35.8. The van der Waals surface area contributed by atoms with E-state index in [9.17, 15) is 30.3 Å². The minimum Gasteiger partial charge on any atom is -0.394 e. The van der Waals surface area contributed by atoms with Crippen LogP contribution in [0.5, 0.6) is 0 Å². The van der Waals surface area contributed by atoms with Gasteiger partial charge in [0.1, 0.15) is 24.4 Å². The number of aliphatic hydroxyl groups is 5. The summed E-state index contributed by atoms with van der Waals surface area (Å²) < 4.78 is 11.3. The van der Waals surface area contributed by atoms with E-state index in [1.807, 2.05) is 0 Å². The predicted molar refractivity (Wildman–Crippen MR) is 309 cm³/mol. The molecule has 7 unspecified atom stereocenters. The minimum atomic E-state index is -1.55. The first kappa shape index (κ1) is 70.2. The highest BCUT2D eigenvalue weighted by Crippen LogP contribution is 2.24. The van der Waals surface area contributed by atoms with Crippen LogP contribution in [0.2, 0.25) is 0 Å². The molecule has 9 nitrogen and oxygen atoms in total. The molecule has 1 aliphatic heterocycles. The van der Waals surface area contributed by atoms with Crippen molar-refractivity contribution in [3.8, 4) is 0 Å². The van der Waals surface area contributed by atoms with E-state index in [4.69, 9.17) is 9.47 Å². The second kappa shape index (κ2) is 54.5. The Bertz CT molecular complexity index is 1110. The number of unbranched alkanes of at least 4 members (excludes halogenated alkanes) is 48. The number of carbonyl (C=O) groups is 1. The number of carbonyl (C=O) groups excluding carboxylic acids is 1. The molecule has 1 saturated heterocycles. The zero-order chi connectivity index (χ0) is 52.9. The quantitative estimate of drug-likeness (QED) is 0.0330. The lowest BCUT2D eigenvalue weighted by Gasteiger charge is -2.40. The highest BCUT2D eigenvalue weighted by Gasteiger charge is 2.44. The largest absolute Gasteiger partial charge is 0.394 e. The Morgan fingerprint density at radius 2 is 0.685 bits per heavy atom. The molecule has 1 rings (SSSR count). The molecule has 1 heterocycles. The van der Waals surface area contributed by atoms with E-state index in [0.29, 0.717) is 12.8 Å². The Kier molecular flexibility index (Phi) is 52.5. The van der Waals surface area contributed by atoms with Crippen molar-refractivity contribution in [3.63, 3.8) is 0 Å². The standard InChI is InChI=1S/C64H127NO8/c1-3-5-7-9-11-13-15-17-19-21-22-23-24-25-26-27-28-29-30-31-32-33-34-35-36-38-40-42-44-46-48-50-52-54-60(68)65-57(56-72-64-63(71)62(70)61(69)59(55-66)73-64)58(67)53-51-49-47-45-43-41-39-37-20-18-16-14-12-10-8-6-4-2/h57-59,61-64,66-67,69-71H,3-56H2,1-2H3,(H,65,68). The summed E-state index contributed by atoms with van der Waals surface area (Å²) in [5.41, 5.74) is 0. The first-order valence-electron chi connectivity index (χ1n) is 32.7. The Hall–Kier alpha value is -0.810. The summed E-state index contributed by atoms with van der Waals surface area (Å²) in [4.78, 5) is 13.1. The van der Waals surface area contributed by atoms with E-state index >= 15 is 0 Å². The van der Waals surface area contributed by atoms with Crippen LogP contribution >= 0.6 is 0 Å². The smallest absolute Gasteiger partial charge is 0.220 e. The van der Waals surface area contributed by atoms with Crippen LogP contribution in [0.1, 0.15) is 348 Å². The summed E-state index contributed by atoms with van der Waals surface area (Å²) in [5, 5.41) is 54.8. The van der Waals surface area contributed by atoms with Crippen molar-refractivity contribution in [3.05, 3.63) is 0 Å². The van der Waals surface area contributed by atoms with Crippen LogP contribution in [-0.4, -0.2) is 87.5 Å². The van der Waals surface area contributed by atoms with Crippen molar-refractivity contribution in [2.45, 2.75) is 391 Å². The molecule has 0 bridgehead atoms. The maximum Gasteiger partial charge on any atom is 0.220 e.